The van der Waals surface area contributed by atoms with E-state index >= 15 is 0 Å². The van der Waals surface area contributed by atoms with Crippen molar-refractivity contribution >= 4 is 66.2 Å². The normalized spacial score (nSPS) is 11.7. The first-order valence-corrected chi connectivity index (χ1v) is 15.9. The van der Waals surface area contributed by atoms with Crippen LogP contribution in [0.2, 0.25) is 0 Å². The first-order chi connectivity index (χ1) is 21.3. The highest BCUT2D eigenvalue weighted by Crippen LogP contribution is 2.46. The molecule has 0 aliphatic heterocycles. The highest BCUT2D eigenvalue weighted by atomic mass is 32.1. The molecule has 9 rings (SSSR count). The van der Waals surface area contributed by atoms with Crippen LogP contribution in [-0.2, 0) is 0 Å². The molecule has 0 radical (unpaired) electrons. The lowest BCUT2D eigenvalue weighted by Gasteiger charge is -2.18. The molecule has 0 N–H and O–H groups in total. The highest BCUT2D eigenvalue weighted by Gasteiger charge is 2.19. The minimum Gasteiger partial charge on any atom is -0.456 e. The zero-order valence-corrected chi connectivity index (χ0v) is 24.5. The molecule has 43 heavy (non-hydrogen) atoms. The summed E-state index contributed by atoms with van der Waals surface area (Å²) in [5.74, 6) is 0. The maximum atomic E-state index is 6.42. The van der Waals surface area contributed by atoms with Crippen LogP contribution in [0.3, 0.4) is 0 Å². The number of para-hydroxylation sites is 1. The van der Waals surface area contributed by atoms with Gasteiger partial charge in [-0.2, -0.15) is 0 Å². The zero-order valence-electron chi connectivity index (χ0n) is 22.8. The summed E-state index contributed by atoms with van der Waals surface area (Å²) in [7, 11) is 0. The van der Waals surface area contributed by atoms with Crippen molar-refractivity contribution in [1.29, 1.82) is 0 Å². The molecular formula is C38H22N2OS2. The van der Waals surface area contributed by atoms with Crippen LogP contribution in [0.15, 0.2) is 137 Å². The fourth-order valence-corrected chi connectivity index (χ4v) is 7.60. The van der Waals surface area contributed by atoms with Crippen molar-refractivity contribution in [2.45, 2.75) is 0 Å². The summed E-state index contributed by atoms with van der Waals surface area (Å²) in [6, 6.07) is 39.3. The molecule has 0 spiro atoms. The molecule has 0 amide bonds. The van der Waals surface area contributed by atoms with Crippen LogP contribution in [0.4, 0.5) is 0 Å². The maximum Gasteiger partial charge on any atom is 0.136 e. The average Bonchev–Trinajstić information content (AvgIpc) is 3.85. The van der Waals surface area contributed by atoms with Gasteiger partial charge in [0.15, 0.2) is 0 Å². The summed E-state index contributed by atoms with van der Waals surface area (Å²) < 4.78 is 6.42. The molecule has 6 aromatic carbocycles. The van der Waals surface area contributed by atoms with Crippen molar-refractivity contribution in [1.82, 2.24) is 9.97 Å². The summed E-state index contributed by atoms with van der Waals surface area (Å²) in [5, 5.41) is 13.2. The van der Waals surface area contributed by atoms with Gasteiger partial charge in [0.1, 0.15) is 21.2 Å². The number of thiazole rings is 2. The van der Waals surface area contributed by atoms with Gasteiger partial charge in [0.2, 0.25) is 0 Å². The van der Waals surface area contributed by atoms with Gasteiger partial charge >= 0.3 is 0 Å². The van der Waals surface area contributed by atoms with E-state index in [1.54, 1.807) is 22.7 Å². The third-order valence-electron chi connectivity index (χ3n) is 8.23. The number of rotatable bonds is 4. The molecule has 0 aliphatic carbocycles. The molecule has 0 aliphatic rings. The van der Waals surface area contributed by atoms with Crippen LogP contribution in [0.25, 0.3) is 86.9 Å². The molecule has 0 unspecified atom stereocenters. The first-order valence-electron chi connectivity index (χ1n) is 14.1. The quantitative estimate of drug-likeness (QED) is 0.193. The van der Waals surface area contributed by atoms with Crippen molar-refractivity contribution in [3.8, 4) is 43.4 Å². The summed E-state index contributed by atoms with van der Waals surface area (Å²) in [6.45, 7) is 0. The summed E-state index contributed by atoms with van der Waals surface area (Å²) >= 11 is 3.32. The molecular weight excluding hydrogens is 565 g/mol. The maximum absolute atomic E-state index is 6.42. The van der Waals surface area contributed by atoms with Crippen molar-refractivity contribution in [2.75, 3.05) is 0 Å². The summed E-state index contributed by atoms with van der Waals surface area (Å²) in [5.41, 5.74) is 8.85. The van der Waals surface area contributed by atoms with E-state index in [2.05, 4.69) is 107 Å². The number of hydrogen-bond donors (Lipinski definition) is 0. The number of hydrogen-bond acceptors (Lipinski definition) is 5. The van der Waals surface area contributed by atoms with Crippen LogP contribution in [0.1, 0.15) is 0 Å². The van der Waals surface area contributed by atoms with Gasteiger partial charge in [-0.05, 0) is 62.0 Å². The first kappa shape index (κ1) is 24.5. The Morgan fingerprint density at radius 1 is 0.419 bits per heavy atom. The third-order valence-corrected chi connectivity index (χ3v) is 9.87. The second kappa shape index (κ2) is 9.73. The van der Waals surface area contributed by atoms with Gasteiger partial charge in [-0.3, -0.25) is 0 Å². The lowest BCUT2D eigenvalue weighted by atomic mass is 9.85. The number of aromatic nitrogens is 2. The third kappa shape index (κ3) is 3.93. The predicted octanol–water partition coefficient (Wildman–Crippen LogP) is 11.5. The van der Waals surface area contributed by atoms with Gasteiger partial charge in [0, 0.05) is 45.1 Å². The number of benzene rings is 6. The van der Waals surface area contributed by atoms with Gasteiger partial charge in [-0.15, -0.1) is 22.7 Å². The lowest BCUT2D eigenvalue weighted by Crippen LogP contribution is -1.91. The van der Waals surface area contributed by atoms with E-state index in [1.165, 1.54) is 43.8 Å². The van der Waals surface area contributed by atoms with Crippen LogP contribution in [0, 0.1) is 0 Å². The fourth-order valence-electron chi connectivity index (χ4n) is 6.31. The number of fused-ring (bicyclic) bond motifs is 5. The van der Waals surface area contributed by atoms with E-state index in [4.69, 9.17) is 4.42 Å². The van der Waals surface area contributed by atoms with Crippen molar-refractivity contribution in [3.05, 3.63) is 132 Å². The van der Waals surface area contributed by atoms with Gasteiger partial charge in [0.05, 0.1) is 0 Å². The largest absolute Gasteiger partial charge is 0.456 e. The molecule has 3 aromatic heterocycles. The van der Waals surface area contributed by atoms with Gasteiger partial charge in [-0.1, -0.05) is 91.0 Å². The Hall–Kier alpha value is -5.10. The Morgan fingerprint density at radius 3 is 1.44 bits per heavy atom. The van der Waals surface area contributed by atoms with Crippen molar-refractivity contribution < 1.29 is 4.42 Å². The van der Waals surface area contributed by atoms with Crippen LogP contribution < -0.4 is 0 Å². The second-order valence-electron chi connectivity index (χ2n) is 10.6. The molecule has 3 nitrogen and oxygen atoms in total. The average molecular weight is 587 g/mol. The Morgan fingerprint density at radius 2 is 0.907 bits per heavy atom. The molecule has 0 saturated carbocycles. The highest BCUT2D eigenvalue weighted by molar-refractivity contribution is 7.13. The molecule has 5 heteroatoms. The Bertz CT molecular complexity index is 2420. The van der Waals surface area contributed by atoms with Gasteiger partial charge < -0.3 is 4.42 Å². The van der Waals surface area contributed by atoms with E-state index in [9.17, 15) is 0 Å². The van der Waals surface area contributed by atoms with E-state index in [-0.39, 0.29) is 0 Å². The predicted molar refractivity (Wildman–Crippen MR) is 182 cm³/mol. The number of furan rings is 1. The minimum atomic E-state index is 0.898. The van der Waals surface area contributed by atoms with E-state index < -0.39 is 0 Å². The smallest absolute Gasteiger partial charge is 0.136 e. The van der Waals surface area contributed by atoms with E-state index in [0.717, 1.165) is 43.1 Å². The molecule has 0 fully saturated rings. The van der Waals surface area contributed by atoms with Gasteiger partial charge in [-0.25, -0.2) is 9.97 Å². The van der Waals surface area contributed by atoms with Crippen molar-refractivity contribution in [3.63, 3.8) is 0 Å². The standard InChI is InChI=1S/C38H22N2OS2/c1-2-7-29-28(6-1)35(23-9-13-25(14-10-23)37-39-17-19-42-37)31-21-30-27-5-3-4-8-33(27)41-34(30)22-32(31)36(29)24-11-15-26(16-12-24)38-40-18-20-43-38/h1-22H. The van der Waals surface area contributed by atoms with Crippen molar-refractivity contribution in [2.24, 2.45) is 0 Å². The van der Waals surface area contributed by atoms with Gasteiger partial charge in [0.25, 0.3) is 0 Å². The van der Waals surface area contributed by atoms with E-state index in [0.29, 0.717) is 0 Å². The molecule has 0 saturated heterocycles. The monoisotopic (exact) mass is 586 g/mol. The molecule has 202 valence electrons. The Balaban J connectivity index is 1.37. The summed E-state index contributed by atoms with van der Waals surface area (Å²) in [6.07, 6.45) is 3.72. The lowest BCUT2D eigenvalue weighted by molar-refractivity contribution is 0.669. The number of nitrogens with zero attached hydrogens (tertiary/aromatic N) is 2. The zero-order chi connectivity index (χ0) is 28.3. The molecule has 9 aromatic rings. The molecule has 0 atom stereocenters. The van der Waals surface area contributed by atoms with Crippen LogP contribution in [-0.4, -0.2) is 9.97 Å². The van der Waals surface area contributed by atoms with Crippen LogP contribution >= 0.6 is 22.7 Å². The fraction of sp³-hybridized carbons (Fsp3) is 0. The van der Waals surface area contributed by atoms with E-state index in [1.807, 2.05) is 35.3 Å². The Kier molecular flexibility index (Phi) is 5.54. The summed E-state index contributed by atoms with van der Waals surface area (Å²) in [4.78, 5) is 9.03. The molecule has 0 bridgehead atoms. The van der Waals surface area contributed by atoms with Crippen LogP contribution in [0.5, 0.6) is 0 Å². The SMILES string of the molecule is c1ccc2c(c1)oc1cc3c(-c4ccc(-c5nccs5)cc4)c4ccccc4c(-c4ccc(-c5nccs5)cc4)c3cc12. The molecule has 3 heterocycles. The minimum absolute atomic E-state index is 0.898. The Labute approximate surface area is 255 Å². The second-order valence-corrected chi connectivity index (χ2v) is 12.4. The topological polar surface area (TPSA) is 38.9 Å².